The van der Waals surface area contributed by atoms with Gasteiger partial charge in [0.15, 0.2) is 0 Å². The largest absolute Gasteiger partial charge is 0.310 e. The highest BCUT2D eigenvalue weighted by Crippen LogP contribution is 2.48. The fraction of sp³-hybridized carbons (Fsp3) is 0.688. The minimum atomic E-state index is 0.440. The molecule has 0 spiro atoms. The topological polar surface area (TPSA) is 24.9 Å². The molecule has 2 unspecified atom stereocenters. The first-order valence-corrected chi connectivity index (χ1v) is 7.20. The third kappa shape index (κ3) is 2.59. The summed E-state index contributed by atoms with van der Waals surface area (Å²) < 4.78 is 0. The van der Waals surface area contributed by atoms with Gasteiger partial charge in [0, 0.05) is 18.4 Å². The second-order valence-corrected chi connectivity index (χ2v) is 6.25. The van der Waals surface area contributed by atoms with Gasteiger partial charge in [-0.1, -0.05) is 27.2 Å². The molecule has 0 saturated heterocycles. The van der Waals surface area contributed by atoms with Crippen molar-refractivity contribution in [1.82, 2.24) is 10.3 Å². The van der Waals surface area contributed by atoms with E-state index in [9.17, 15) is 0 Å². The first kappa shape index (κ1) is 13.5. The smallest absolute Gasteiger partial charge is 0.0371 e. The van der Waals surface area contributed by atoms with E-state index in [2.05, 4.69) is 50.3 Å². The SMILES string of the molecule is CCNC(c1cnccc1C)C1CCCC1(C)C. The summed E-state index contributed by atoms with van der Waals surface area (Å²) in [6.07, 6.45) is 7.98. The highest BCUT2D eigenvalue weighted by molar-refractivity contribution is 5.26. The zero-order chi connectivity index (χ0) is 13.2. The number of hydrogen-bond acceptors (Lipinski definition) is 2. The summed E-state index contributed by atoms with van der Waals surface area (Å²) >= 11 is 0. The van der Waals surface area contributed by atoms with Crippen LogP contribution in [-0.4, -0.2) is 11.5 Å². The van der Waals surface area contributed by atoms with E-state index < -0.39 is 0 Å². The van der Waals surface area contributed by atoms with Gasteiger partial charge in [-0.2, -0.15) is 0 Å². The highest BCUT2D eigenvalue weighted by atomic mass is 14.9. The van der Waals surface area contributed by atoms with Crippen molar-refractivity contribution in [3.05, 3.63) is 29.6 Å². The number of pyridine rings is 1. The first-order valence-electron chi connectivity index (χ1n) is 7.20. The van der Waals surface area contributed by atoms with Crippen molar-refractivity contribution in [3.8, 4) is 0 Å². The molecule has 100 valence electrons. The molecule has 1 fully saturated rings. The average Bonchev–Trinajstić information content (AvgIpc) is 2.67. The Kier molecular flexibility index (Phi) is 4.06. The average molecular weight is 246 g/mol. The van der Waals surface area contributed by atoms with Crippen LogP contribution in [0.1, 0.15) is 57.2 Å². The van der Waals surface area contributed by atoms with Crippen LogP contribution in [0.2, 0.25) is 0 Å². The molecule has 1 aromatic rings. The van der Waals surface area contributed by atoms with E-state index in [4.69, 9.17) is 0 Å². The van der Waals surface area contributed by atoms with E-state index in [1.165, 1.54) is 30.4 Å². The van der Waals surface area contributed by atoms with Crippen LogP contribution in [0.15, 0.2) is 18.5 Å². The van der Waals surface area contributed by atoms with Gasteiger partial charge in [0.05, 0.1) is 0 Å². The Morgan fingerprint density at radius 1 is 1.50 bits per heavy atom. The van der Waals surface area contributed by atoms with Gasteiger partial charge < -0.3 is 5.32 Å². The Labute approximate surface area is 111 Å². The molecular formula is C16H26N2. The molecule has 2 nitrogen and oxygen atoms in total. The summed E-state index contributed by atoms with van der Waals surface area (Å²) in [6, 6.07) is 2.59. The summed E-state index contributed by atoms with van der Waals surface area (Å²) in [4.78, 5) is 4.33. The molecule has 0 bridgehead atoms. The molecule has 1 heterocycles. The van der Waals surface area contributed by atoms with Gasteiger partial charge in [-0.25, -0.2) is 0 Å². The number of hydrogen-bond donors (Lipinski definition) is 1. The van der Waals surface area contributed by atoms with Crippen LogP contribution in [-0.2, 0) is 0 Å². The van der Waals surface area contributed by atoms with Crippen molar-refractivity contribution in [3.63, 3.8) is 0 Å². The lowest BCUT2D eigenvalue weighted by atomic mass is 9.75. The molecule has 1 aliphatic rings. The maximum absolute atomic E-state index is 4.33. The zero-order valence-electron chi connectivity index (χ0n) is 12.2. The van der Waals surface area contributed by atoms with Gasteiger partial charge >= 0.3 is 0 Å². The number of nitrogens with one attached hydrogen (secondary N) is 1. The summed E-state index contributed by atoms with van der Waals surface area (Å²) in [5, 5.41) is 3.70. The van der Waals surface area contributed by atoms with Gasteiger partial charge in [-0.05, 0) is 54.8 Å². The Morgan fingerprint density at radius 3 is 2.83 bits per heavy atom. The first-order chi connectivity index (χ1) is 8.56. The zero-order valence-corrected chi connectivity index (χ0v) is 12.2. The molecule has 1 saturated carbocycles. The van der Waals surface area contributed by atoms with Crippen LogP contribution in [0, 0.1) is 18.3 Å². The van der Waals surface area contributed by atoms with Crippen molar-refractivity contribution in [1.29, 1.82) is 0 Å². The molecule has 1 aliphatic carbocycles. The standard InChI is InChI=1S/C16H26N2/c1-5-18-15(13-11-17-10-8-12(13)2)14-7-6-9-16(14,3)4/h8,10-11,14-15,18H,5-7,9H2,1-4H3. The minimum absolute atomic E-state index is 0.440. The fourth-order valence-corrected chi connectivity index (χ4v) is 3.46. The molecule has 2 atom stereocenters. The van der Waals surface area contributed by atoms with Crippen LogP contribution in [0.25, 0.3) is 0 Å². The lowest BCUT2D eigenvalue weighted by Crippen LogP contribution is -2.34. The van der Waals surface area contributed by atoms with Gasteiger partial charge in [0.25, 0.3) is 0 Å². The van der Waals surface area contributed by atoms with Crippen molar-refractivity contribution < 1.29 is 0 Å². The second-order valence-electron chi connectivity index (χ2n) is 6.25. The lowest BCUT2D eigenvalue weighted by molar-refractivity contribution is 0.198. The van der Waals surface area contributed by atoms with Gasteiger partial charge in [0.2, 0.25) is 0 Å². The molecule has 2 rings (SSSR count). The Balaban J connectivity index is 2.31. The second kappa shape index (κ2) is 5.40. The summed E-state index contributed by atoms with van der Waals surface area (Å²) in [6.45, 7) is 10.2. The van der Waals surface area contributed by atoms with Crippen molar-refractivity contribution in [2.75, 3.05) is 6.54 Å². The van der Waals surface area contributed by atoms with Gasteiger partial charge in [-0.3, -0.25) is 4.98 Å². The van der Waals surface area contributed by atoms with E-state index >= 15 is 0 Å². The Morgan fingerprint density at radius 2 is 2.28 bits per heavy atom. The van der Waals surface area contributed by atoms with E-state index in [1.807, 2.05) is 6.20 Å². The Bertz CT molecular complexity index is 398. The van der Waals surface area contributed by atoms with E-state index in [0.29, 0.717) is 11.5 Å². The molecule has 1 N–H and O–H groups in total. The van der Waals surface area contributed by atoms with Crippen LogP contribution >= 0.6 is 0 Å². The normalized spacial score (nSPS) is 24.1. The molecule has 18 heavy (non-hydrogen) atoms. The molecule has 0 amide bonds. The maximum atomic E-state index is 4.33. The molecule has 0 radical (unpaired) electrons. The molecule has 0 aliphatic heterocycles. The van der Waals surface area contributed by atoms with Gasteiger partial charge in [-0.15, -0.1) is 0 Å². The molecule has 2 heteroatoms. The monoisotopic (exact) mass is 246 g/mol. The quantitative estimate of drug-likeness (QED) is 0.872. The van der Waals surface area contributed by atoms with Crippen LogP contribution < -0.4 is 5.32 Å². The number of aryl methyl sites for hydroxylation is 1. The summed E-state index contributed by atoms with van der Waals surface area (Å²) in [7, 11) is 0. The number of rotatable bonds is 4. The molecule has 0 aromatic carbocycles. The van der Waals surface area contributed by atoms with E-state index in [1.54, 1.807) is 0 Å². The third-order valence-corrected chi connectivity index (χ3v) is 4.58. The third-order valence-electron chi connectivity index (χ3n) is 4.58. The van der Waals surface area contributed by atoms with Gasteiger partial charge in [0.1, 0.15) is 0 Å². The van der Waals surface area contributed by atoms with Crippen molar-refractivity contribution >= 4 is 0 Å². The molecular weight excluding hydrogens is 220 g/mol. The maximum Gasteiger partial charge on any atom is 0.0371 e. The molecule has 1 aromatic heterocycles. The summed E-state index contributed by atoms with van der Waals surface area (Å²) in [5.74, 6) is 0.723. The van der Waals surface area contributed by atoms with Crippen LogP contribution in [0.4, 0.5) is 0 Å². The van der Waals surface area contributed by atoms with Crippen LogP contribution in [0.3, 0.4) is 0 Å². The summed E-state index contributed by atoms with van der Waals surface area (Å²) in [5.41, 5.74) is 3.19. The van der Waals surface area contributed by atoms with Crippen LogP contribution in [0.5, 0.6) is 0 Å². The van der Waals surface area contributed by atoms with E-state index in [-0.39, 0.29) is 0 Å². The number of nitrogens with zero attached hydrogens (tertiary/aromatic N) is 1. The predicted molar refractivity (Wildman–Crippen MR) is 76.5 cm³/mol. The number of aromatic nitrogens is 1. The van der Waals surface area contributed by atoms with Crippen molar-refractivity contribution in [2.45, 2.75) is 53.0 Å². The fourth-order valence-electron chi connectivity index (χ4n) is 3.46. The van der Waals surface area contributed by atoms with E-state index in [0.717, 1.165) is 12.5 Å². The minimum Gasteiger partial charge on any atom is -0.310 e. The lowest BCUT2D eigenvalue weighted by Gasteiger charge is -2.35. The predicted octanol–water partition coefficient (Wildman–Crippen LogP) is 3.87. The highest BCUT2D eigenvalue weighted by Gasteiger charge is 2.40. The Hall–Kier alpha value is -0.890. The van der Waals surface area contributed by atoms with Crippen molar-refractivity contribution in [2.24, 2.45) is 11.3 Å².